The Kier molecular flexibility index (Phi) is 24.1. The maximum atomic E-state index is 13.9. The molecule has 0 aliphatic rings. The summed E-state index contributed by atoms with van der Waals surface area (Å²) in [5.74, 6) is 14.2. The third kappa shape index (κ3) is 21.3. The summed E-state index contributed by atoms with van der Waals surface area (Å²) >= 11 is 18.4. The van der Waals surface area contributed by atoms with E-state index in [1.165, 1.54) is 11.3 Å². The van der Waals surface area contributed by atoms with Gasteiger partial charge in [-0.25, -0.2) is 9.78 Å². The number of thiazole rings is 1. The van der Waals surface area contributed by atoms with E-state index in [9.17, 15) is 27.6 Å². The fraction of sp³-hybridized carbons (Fsp3) is 0.488. The quantitative estimate of drug-likeness (QED) is 0.0628. The Labute approximate surface area is 354 Å². The predicted octanol–water partition coefficient (Wildman–Crippen LogP) is 11.2. The van der Waals surface area contributed by atoms with E-state index in [-0.39, 0.29) is 24.5 Å². The summed E-state index contributed by atoms with van der Waals surface area (Å²) in [7, 11) is 0. The molecule has 0 spiro atoms. The molecule has 0 saturated heterocycles. The largest absolute Gasteiger partial charge is 0.508 e. The number of hydrogen-bond acceptors (Lipinski definition) is 8. The Hall–Kier alpha value is -4.10. The minimum absolute atomic E-state index is 0.216. The van der Waals surface area contributed by atoms with Crippen molar-refractivity contribution in [3.63, 3.8) is 0 Å². The summed E-state index contributed by atoms with van der Waals surface area (Å²) < 4.78 is 55.1. The van der Waals surface area contributed by atoms with Gasteiger partial charge in [0.15, 0.2) is 0 Å². The van der Waals surface area contributed by atoms with Crippen molar-refractivity contribution in [2.45, 2.75) is 103 Å². The summed E-state index contributed by atoms with van der Waals surface area (Å²) in [5.41, 5.74) is -0.834. The molecule has 0 fully saturated rings. The number of ketones is 1. The van der Waals surface area contributed by atoms with E-state index in [0.717, 1.165) is 17.2 Å². The average Bonchev–Trinajstić information content (AvgIpc) is 3.53. The summed E-state index contributed by atoms with van der Waals surface area (Å²) in [6, 6.07) is 0. The Balaban J connectivity index is 0.00000308. The van der Waals surface area contributed by atoms with Crippen LogP contribution in [0, 0.1) is 78.0 Å². The molecule has 1 rings (SSSR count). The number of aryl methyl sites for hydroxylation is 1. The van der Waals surface area contributed by atoms with E-state index >= 15 is 0 Å². The second-order valence-electron chi connectivity index (χ2n) is 13.4. The fourth-order valence-electron chi connectivity index (χ4n) is 5.10. The van der Waals surface area contributed by atoms with Crippen LogP contribution in [-0.4, -0.2) is 51.7 Å². The number of carbonyl (C=O) groups excluding carboxylic acids is 3. The van der Waals surface area contributed by atoms with Crippen LogP contribution in [-0.2, 0) is 23.8 Å². The van der Waals surface area contributed by atoms with Crippen LogP contribution in [0.1, 0.15) is 84.9 Å². The average molecular weight is 871 g/mol. The molecule has 0 aliphatic carbocycles. The lowest BCUT2D eigenvalue weighted by molar-refractivity contribution is -0.150. The van der Waals surface area contributed by atoms with E-state index in [1.807, 2.05) is 6.92 Å². The third-order valence-corrected chi connectivity index (χ3v) is 9.60. The van der Waals surface area contributed by atoms with Gasteiger partial charge in [0.05, 0.1) is 16.6 Å². The number of alkyl halides is 6. The number of carbonyl (C=O) groups is 3. The van der Waals surface area contributed by atoms with Crippen LogP contribution < -0.4 is 0 Å². The summed E-state index contributed by atoms with van der Waals surface area (Å²) in [4.78, 5) is 44.0. The van der Waals surface area contributed by atoms with Gasteiger partial charge in [0.2, 0.25) is 3.79 Å². The van der Waals surface area contributed by atoms with Crippen LogP contribution in [0.15, 0.2) is 47.9 Å². The number of allylic oxidation sites excluding steroid dienone is 3. The molecule has 0 aromatic carbocycles. The van der Waals surface area contributed by atoms with Gasteiger partial charge >= 0.3 is 18.3 Å². The van der Waals surface area contributed by atoms with Gasteiger partial charge < -0.3 is 14.2 Å². The zero-order valence-corrected chi connectivity index (χ0v) is 36.5. The van der Waals surface area contributed by atoms with Crippen molar-refractivity contribution in [3.8, 4) is 47.9 Å². The molecule has 0 aliphatic heterocycles. The molecular formula is C43H49Cl3F3NO6S. The first-order chi connectivity index (χ1) is 26.4. The molecule has 57 heavy (non-hydrogen) atoms. The Morgan fingerprint density at radius 1 is 1.00 bits per heavy atom. The second-order valence-corrected chi connectivity index (χ2v) is 16.9. The molecule has 1 aromatic rings. The molecular weight excluding hydrogens is 822 g/mol. The van der Waals surface area contributed by atoms with Gasteiger partial charge in [-0.2, -0.15) is 13.2 Å². The smallest absolute Gasteiger partial charge is 0.457 e. The molecule has 0 amide bonds. The zero-order valence-electron chi connectivity index (χ0n) is 33.4. The first kappa shape index (κ1) is 52.9. The standard InChI is InChI=1S/C34H45Cl3F3NO6S.C9H4/c1-10-12-20(3)29(47-31(44)45-19-33(35,36)37)23(6)30(43)32(8,9)22(5)17-28(42)46-27(15-14-25(13-11-2)34(38,39)40)21(4)16-26-18-48-24(7)41-26;1-3-5-7-9-8-6-4-2/h10-11,14,16,18,20,22-23,27,29H,1-2,12-13,15,17,19H2,3-9H3;1H,2H3/b21-16+,25-14+;/t20-,22-,23+,27-,29-;/m0./s1. The van der Waals surface area contributed by atoms with Crippen molar-refractivity contribution >= 4 is 70.1 Å². The summed E-state index contributed by atoms with van der Waals surface area (Å²) in [6.45, 7) is 20.2. The number of esters is 1. The highest BCUT2D eigenvalue weighted by Crippen LogP contribution is 2.37. The Morgan fingerprint density at radius 3 is 2.12 bits per heavy atom. The number of aromatic nitrogens is 1. The Bertz CT molecular complexity index is 1840. The van der Waals surface area contributed by atoms with Crippen LogP contribution in [0.4, 0.5) is 18.0 Å². The molecule has 0 radical (unpaired) electrons. The van der Waals surface area contributed by atoms with Gasteiger partial charge in [-0.15, -0.1) is 30.9 Å². The van der Waals surface area contributed by atoms with Crippen LogP contribution in [0.25, 0.3) is 6.08 Å². The topological polar surface area (TPSA) is 91.8 Å². The molecule has 5 atom stereocenters. The Morgan fingerprint density at radius 2 is 1.61 bits per heavy atom. The lowest BCUT2D eigenvalue weighted by Gasteiger charge is -2.36. The van der Waals surface area contributed by atoms with Gasteiger partial charge in [-0.1, -0.05) is 93.6 Å². The van der Waals surface area contributed by atoms with E-state index < -0.39 is 70.2 Å². The molecule has 1 heterocycles. The van der Waals surface area contributed by atoms with E-state index in [4.69, 9.17) is 55.4 Å². The highest BCUT2D eigenvalue weighted by molar-refractivity contribution is 7.09. The summed E-state index contributed by atoms with van der Waals surface area (Å²) in [5, 5.41) is 2.59. The van der Waals surface area contributed by atoms with E-state index in [1.54, 1.807) is 66.0 Å². The van der Waals surface area contributed by atoms with Gasteiger partial charge in [-0.05, 0) is 92.6 Å². The minimum Gasteiger partial charge on any atom is -0.457 e. The first-order valence-electron chi connectivity index (χ1n) is 17.5. The minimum atomic E-state index is -4.58. The molecule has 14 heteroatoms. The monoisotopic (exact) mass is 869 g/mol. The first-order valence-corrected chi connectivity index (χ1v) is 19.6. The van der Waals surface area contributed by atoms with Crippen molar-refractivity contribution in [1.82, 2.24) is 4.98 Å². The molecule has 1 aromatic heterocycles. The van der Waals surface area contributed by atoms with E-state index in [2.05, 4.69) is 59.6 Å². The van der Waals surface area contributed by atoms with Crippen molar-refractivity contribution in [3.05, 3.63) is 58.6 Å². The number of terminal acetylenes is 1. The second kappa shape index (κ2) is 26.0. The van der Waals surface area contributed by atoms with Crippen LogP contribution in [0.5, 0.6) is 0 Å². The lowest BCUT2D eigenvalue weighted by Crippen LogP contribution is -2.44. The lowest BCUT2D eigenvalue weighted by atomic mass is 9.69. The van der Waals surface area contributed by atoms with Gasteiger partial charge in [0, 0.05) is 29.2 Å². The number of ether oxygens (including phenoxy) is 3. The maximum absolute atomic E-state index is 13.9. The van der Waals surface area contributed by atoms with Gasteiger partial charge in [-0.3, -0.25) is 9.59 Å². The van der Waals surface area contributed by atoms with Crippen LogP contribution in [0.3, 0.4) is 0 Å². The van der Waals surface area contributed by atoms with Crippen molar-refractivity contribution in [2.75, 3.05) is 6.61 Å². The maximum Gasteiger partial charge on any atom is 0.508 e. The van der Waals surface area contributed by atoms with Gasteiger partial charge in [0.25, 0.3) is 0 Å². The normalized spacial score (nSPS) is 14.3. The van der Waals surface area contributed by atoms with E-state index in [0.29, 0.717) is 17.7 Å². The molecule has 0 bridgehead atoms. The number of hydrogen-bond donors (Lipinski definition) is 0. The van der Waals surface area contributed by atoms with Crippen molar-refractivity contribution < 1.29 is 41.8 Å². The summed E-state index contributed by atoms with van der Waals surface area (Å²) in [6.07, 6.45) is 2.18. The molecule has 310 valence electrons. The third-order valence-electron chi connectivity index (χ3n) is 8.48. The zero-order chi connectivity index (χ0) is 44.0. The molecule has 0 unspecified atom stereocenters. The van der Waals surface area contributed by atoms with Gasteiger partial charge in [0.1, 0.15) is 24.6 Å². The molecule has 7 nitrogen and oxygen atoms in total. The number of halogens is 6. The SMILES string of the molecule is C#CC#CC#CC#CC.C=CC/C(=C\C[C@H](OC(=O)C[C@H](C)C(C)(C)C(=O)[C@H](C)[C@@H](OC(=O)OCC(Cl)(Cl)Cl)[C@@H](C)CC=C)/C(C)=C/c1csc(C)n1)C(F)(F)F. The number of Topliss-reactive ketones (excluding diaryl/α,β-unsaturated/α-hetero) is 1. The van der Waals surface area contributed by atoms with Crippen LogP contribution in [0.2, 0.25) is 0 Å². The predicted molar refractivity (Wildman–Crippen MR) is 224 cm³/mol. The fourth-order valence-corrected chi connectivity index (χ4v) is 5.83. The number of nitrogens with zero attached hydrogens (tertiary/aromatic N) is 1. The number of rotatable bonds is 18. The molecule has 0 N–H and O–H groups in total. The van der Waals surface area contributed by atoms with Crippen LogP contribution >= 0.6 is 46.1 Å². The van der Waals surface area contributed by atoms with Crippen molar-refractivity contribution in [1.29, 1.82) is 0 Å². The highest BCUT2D eigenvalue weighted by atomic mass is 35.6. The van der Waals surface area contributed by atoms with Crippen molar-refractivity contribution in [2.24, 2.45) is 23.2 Å². The molecule has 0 saturated carbocycles. The highest BCUT2D eigenvalue weighted by Gasteiger charge is 2.43.